The Hall–Kier alpha value is -1.96. The van der Waals surface area contributed by atoms with Crippen LogP contribution in [-0.4, -0.2) is 19.6 Å². The number of nitrogens with zero attached hydrogens (tertiary/aromatic N) is 3. The van der Waals surface area contributed by atoms with E-state index in [2.05, 4.69) is 9.97 Å². The molecule has 0 saturated carbocycles. The second-order valence-corrected chi connectivity index (χ2v) is 3.86. The third-order valence-corrected chi connectivity index (χ3v) is 2.49. The first kappa shape index (κ1) is 13.5. The zero-order chi connectivity index (χ0) is 14.2. The standard InChI is InChI=1S/C11H9F4N3O/c1-18-4-8(11(13,14)15)17-10(18)7-3-2-6(5-19)9(12)16-7/h2-4,19H,5H2,1H3. The highest BCUT2D eigenvalue weighted by molar-refractivity contribution is 5.51. The third-order valence-electron chi connectivity index (χ3n) is 2.49. The van der Waals surface area contributed by atoms with Crippen molar-refractivity contribution in [1.82, 2.24) is 14.5 Å². The molecular weight excluding hydrogens is 266 g/mol. The molecule has 0 amide bonds. The lowest BCUT2D eigenvalue weighted by Crippen LogP contribution is -2.05. The number of rotatable bonds is 2. The number of imidazole rings is 1. The summed E-state index contributed by atoms with van der Waals surface area (Å²) in [6.07, 6.45) is -3.77. The Morgan fingerprint density at radius 1 is 1.26 bits per heavy atom. The number of aliphatic hydroxyl groups excluding tert-OH is 1. The number of alkyl halides is 3. The van der Waals surface area contributed by atoms with Crippen LogP contribution in [0.1, 0.15) is 11.3 Å². The molecular formula is C11H9F4N3O. The molecule has 0 unspecified atom stereocenters. The molecule has 0 aliphatic carbocycles. The Balaban J connectivity index is 2.48. The summed E-state index contributed by atoms with van der Waals surface area (Å²) in [5.74, 6) is -1.03. The van der Waals surface area contributed by atoms with Gasteiger partial charge in [0.05, 0.1) is 6.61 Å². The van der Waals surface area contributed by atoms with E-state index in [4.69, 9.17) is 5.11 Å². The molecule has 2 aromatic heterocycles. The molecule has 0 radical (unpaired) electrons. The lowest BCUT2D eigenvalue weighted by Gasteiger charge is -2.03. The molecule has 4 nitrogen and oxygen atoms in total. The molecule has 102 valence electrons. The van der Waals surface area contributed by atoms with Crippen molar-refractivity contribution < 1.29 is 22.7 Å². The first-order chi connectivity index (χ1) is 8.82. The monoisotopic (exact) mass is 275 g/mol. The second kappa shape index (κ2) is 4.61. The van der Waals surface area contributed by atoms with E-state index in [0.29, 0.717) is 0 Å². The van der Waals surface area contributed by atoms with Crippen molar-refractivity contribution in [3.63, 3.8) is 0 Å². The van der Waals surface area contributed by atoms with E-state index in [1.807, 2.05) is 0 Å². The molecule has 19 heavy (non-hydrogen) atoms. The minimum Gasteiger partial charge on any atom is -0.392 e. The lowest BCUT2D eigenvalue weighted by molar-refractivity contribution is -0.140. The average molecular weight is 275 g/mol. The summed E-state index contributed by atoms with van der Waals surface area (Å²) in [7, 11) is 1.36. The summed E-state index contributed by atoms with van der Waals surface area (Å²) in [6, 6.07) is 2.55. The normalized spacial score (nSPS) is 11.9. The minimum atomic E-state index is -4.57. The Labute approximate surface area is 105 Å². The molecule has 2 rings (SSSR count). The Kier molecular flexibility index (Phi) is 3.27. The highest BCUT2D eigenvalue weighted by Crippen LogP contribution is 2.30. The third kappa shape index (κ3) is 2.58. The topological polar surface area (TPSA) is 50.9 Å². The number of aryl methyl sites for hydroxylation is 1. The average Bonchev–Trinajstić information content (AvgIpc) is 2.71. The van der Waals surface area contributed by atoms with Gasteiger partial charge in [0.25, 0.3) is 0 Å². The predicted octanol–water partition coefficient (Wildman–Crippen LogP) is 2.13. The van der Waals surface area contributed by atoms with E-state index in [9.17, 15) is 17.6 Å². The molecule has 0 saturated heterocycles. The SMILES string of the molecule is Cn1cc(C(F)(F)F)nc1-c1ccc(CO)c(F)n1. The smallest absolute Gasteiger partial charge is 0.392 e. The van der Waals surface area contributed by atoms with Crippen molar-refractivity contribution >= 4 is 0 Å². The van der Waals surface area contributed by atoms with E-state index in [1.54, 1.807) is 0 Å². The lowest BCUT2D eigenvalue weighted by atomic mass is 10.2. The maximum absolute atomic E-state index is 13.4. The maximum Gasteiger partial charge on any atom is 0.434 e. The summed E-state index contributed by atoms with van der Waals surface area (Å²) in [6.45, 7) is -0.534. The molecule has 0 aliphatic rings. The van der Waals surface area contributed by atoms with Crippen LogP contribution in [0.3, 0.4) is 0 Å². The molecule has 0 aromatic carbocycles. The van der Waals surface area contributed by atoms with Crippen LogP contribution >= 0.6 is 0 Å². The second-order valence-electron chi connectivity index (χ2n) is 3.86. The Morgan fingerprint density at radius 2 is 1.95 bits per heavy atom. The molecule has 0 atom stereocenters. The zero-order valence-electron chi connectivity index (χ0n) is 9.74. The molecule has 0 fully saturated rings. The van der Waals surface area contributed by atoms with Gasteiger partial charge in [-0.1, -0.05) is 0 Å². The van der Waals surface area contributed by atoms with E-state index < -0.39 is 24.4 Å². The highest BCUT2D eigenvalue weighted by Gasteiger charge is 2.34. The van der Waals surface area contributed by atoms with Gasteiger partial charge < -0.3 is 9.67 Å². The van der Waals surface area contributed by atoms with Crippen LogP contribution in [0.5, 0.6) is 0 Å². The van der Waals surface area contributed by atoms with Gasteiger partial charge in [-0.15, -0.1) is 0 Å². The molecule has 2 aromatic rings. The number of halogens is 4. The number of pyridine rings is 1. The first-order valence-corrected chi connectivity index (χ1v) is 5.20. The predicted molar refractivity (Wildman–Crippen MR) is 57.3 cm³/mol. The van der Waals surface area contributed by atoms with Crippen molar-refractivity contribution in [3.05, 3.63) is 35.5 Å². The fraction of sp³-hybridized carbons (Fsp3) is 0.273. The summed E-state index contributed by atoms with van der Waals surface area (Å²) >= 11 is 0. The Bertz CT molecular complexity index is 606. The fourth-order valence-corrected chi connectivity index (χ4v) is 1.55. The van der Waals surface area contributed by atoms with Gasteiger partial charge in [-0.2, -0.15) is 17.6 Å². The van der Waals surface area contributed by atoms with Crippen molar-refractivity contribution in [2.24, 2.45) is 7.05 Å². The Morgan fingerprint density at radius 3 is 2.42 bits per heavy atom. The summed E-state index contributed by atoms with van der Waals surface area (Å²) in [5, 5.41) is 8.80. The number of hydrogen-bond acceptors (Lipinski definition) is 3. The molecule has 0 spiro atoms. The van der Waals surface area contributed by atoms with Crippen molar-refractivity contribution in [3.8, 4) is 11.5 Å². The van der Waals surface area contributed by atoms with Gasteiger partial charge in [0, 0.05) is 18.8 Å². The van der Waals surface area contributed by atoms with Crippen LogP contribution in [0.4, 0.5) is 17.6 Å². The number of aliphatic hydroxyl groups is 1. The molecule has 0 aliphatic heterocycles. The number of aromatic nitrogens is 3. The van der Waals surface area contributed by atoms with E-state index in [1.165, 1.54) is 19.2 Å². The largest absolute Gasteiger partial charge is 0.434 e. The van der Waals surface area contributed by atoms with Crippen LogP contribution in [-0.2, 0) is 19.8 Å². The molecule has 8 heteroatoms. The molecule has 2 heterocycles. The van der Waals surface area contributed by atoms with Crippen LogP contribution in [0.2, 0.25) is 0 Å². The van der Waals surface area contributed by atoms with Gasteiger partial charge in [-0.3, -0.25) is 0 Å². The highest BCUT2D eigenvalue weighted by atomic mass is 19.4. The maximum atomic E-state index is 13.4. The van der Waals surface area contributed by atoms with E-state index in [0.717, 1.165) is 10.8 Å². The van der Waals surface area contributed by atoms with Crippen LogP contribution in [0, 0.1) is 5.95 Å². The molecule has 1 N–H and O–H groups in total. The minimum absolute atomic E-state index is 0.0333. The zero-order valence-corrected chi connectivity index (χ0v) is 9.74. The quantitative estimate of drug-likeness (QED) is 0.674. The first-order valence-electron chi connectivity index (χ1n) is 5.20. The summed E-state index contributed by atoms with van der Waals surface area (Å²) in [5.41, 5.74) is -1.14. The van der Waals surface area contributed by atoms with Gasteiger partial charge in [0.1, 0.15) is 5.69 Å². The van der Waals surface area contributed by atoms with Gasteiger partial charge in [-0.05, 0) is 12.1 Å². The number of hydrogen-bond donors (Lipinski definition) is 1. The van der Waals surface area contributed by atoms with Crippen molar-refractivity contribution in [2.45, 2.75) is 12.8 Å². The van der Waals surface area contributed by atoms with Crippen LogP contribution < -0.4 is 0 Å². The van der Waals surface area contributed by atoms with Gasteiger partial charge in [0.2, 0.25) is 5.95 Å². The van der Waals surface area contributed by atoms with Gasteiger partial charge in [-0.25, -0.2) is 9.97 Å². The molecule has 0 bridgehead atoms. The summed E-state index contributed by atoms with van der Waals surface area (Å²) < 4.78 is 52.0. The van der Waals surface area contributed by atoms with Crippen molar-refractivity contribution in [1.29, 1.82) is 0 Å². The van der Waals surface area contributed by atoms with Crippen LogP contribution in [0.25, 0.3) is 11.5 Å². The van der Waals surface area contributed by atoms with Crippen LogP contribution in [0.15, 0.2) is 18.3 Å². The van der Waals surface area contributed by atoms with Gasteiger partial charge in [0.15, 0.2) is 11.5 Å². The van der Waals surface area contributed by atoms with Crippen molar-refractivity contribution in [2.75, 3.05) is 0 Å². The van der Waals surface area contributed by atoms with E-state index >= 15 is 0 Å². The van der Waals surface area contributed by atoms with Gasteiger partial charge >= 0.3 is 6.18 Å². The summed E-state index contributed by atoms with van der Waals surface area (Å²) in [4.78, 5) is 6.89. The fourth-order valence-electron chi connectivity index (χ4n) is 1.55. The van der Waals surface area contributed by atoms with E-state index in [-0.39, 0.29) is 17.1 Å².